The van der Waals surface area contributed by atoms with Gasteiger partial charge in [-0.3, -0.25) is 0 Å². The van der Waals surface area contributed by atoms with Gasteiger partial charge in [0, 0.05) is 6.54 Å². The summed E-state index contributed by atoms with van der Waals surface area (Å²) in [6, 6.07) is 14.0. The Hall–Kier alpha value is -2.69. The molecule has 0 heterocycles. The fourth-order valence-corrected chi connectivity index (χ4v) is 1.71. The zero-order valence-corrected chi connectivity index (χ0v) is 10.9. The van der Waals surface area contributed by atoms with Gasteiger partial charge < -0.3 is 20.9 Å². The van der Waals surface area contributed by atoms with Crippen LogP contribution in [-0.2, 0) is 0 Å². The molecule has 0 atom stereocenters. The molecule has 0 saturated carbocycles. The average Bonchev–Trinajstić information content (AvgIpc) is 2.46. The van der Waals surface area contributed by atoms with Crippen LogP contribution < -0.4 is 15.8 Å². The molecule has 0 aromatic heterocycles. The van der Waals surface area contributed by atoms with Crippen molar-refractivity contribution in [1.29, 1.82) is 0 Å². The van der Waals surface area contributed by atoms with Crippen LogP contribution in [0.4, 0.5) is 11.4 Å². The lowest BCUT2D eigenvalue weighted by Crippen LogP contribution is -2.13. The third kappa shape index (κ3) is 3.65. The van der Waals surface area contributed by atoms with Gasteiger partial charge in [0.1, 0.15) is 12.4 Å². The van der Waals surface area contributed by atoms with Gasteiger partial charge in [0.2, 0.25) is 0 Å². The Bertz CT molecular complexity index is 585. The predicted octanol–water partition coefficient (Wildman–Crippen LogP) is 2.46. The molecule has 0 aliphatic rings. The number of rotatable bonds is 6. The molecule has 2 rings (SSSR count). The number of carboxylic acid groups (broad SMARTS) is 1. The second kappa shape index (κ2) is 6.47. The zero-order chi connectivity index (χ0) is 14.4. The summed E-state index contributed by atoms with van der Waals surface area (Å²) in [5, 5.41) is 12.0. The highest BCUT2D eigenvalue weighted by molar-refractivity contribution is 5.90. The van der Waals surface area contributed by atoms with Gasteiger partial charge >= 0.3 is 5.97 Å². The van der Waals surface area contributed by atoms with Crippen LogP contribution in [0.2, 0.25) is 0 Å². The molecule has 2 aromatic rings. The summed E-state index contributed by atoms with van der Waals surface area (Å²) in [6.45, 7) is 0.989. The topological polar surface area (TPSA) is 84.6 Å². The molecule has 20 heavy (non-hydrogen) atoms. The van der Waals surface area contributed by atoms with Crippen molar-refractivity contribution in [1.82, 2.24) is 0 Å². The largest absolute Gasteiger partial charge is 0.492 e. The highest BCUT2D eigenvalue weighted by atomic mass is 16.5. The minimum absolute atomic E-state index is 0.200. The normalized spacial score (nSPS) is 10.0. The summed E-state index contributed by atoms with van der Waals surface area (Å²) in [5.41, 5.74) is 7.09. The predicted molar refractivity (Wildman–Crippen MR) is 78.2 cm³/mol. The van der Waals surface area contributed by atoms with Gasteiger partial charge in [0.15, 0.2) is 0 Å². The molecule has 0 fully saturated rings. The number of nitrogen functional groups attached to an aromatic ring is 1. The Morgan fingerprint density at radius 2 is 1.95 bits per heavy atom. The van der Waals surface area contributed by atoms with Gasteiger partial charge in [-0.2, -0.15) is 0 Å². The second-order valence-electron chi connectivity index (χ2n) is 4.20. The van der Waals surface area contributed by atoms with Crippen molar-refractivity contribution in [3.8, 4) is 5.75 Å². The Labute approximate surface area is 117 Å². The molecule has 104 valence electrons. The van der Waals surface area contributed by atoms with Crippen LogP contribution in [0.3, 0.4) is 0 Å². The molecule has 5 nitrogen and oxygen atoms in total. The molecule has 0 aliphatic heterocycles. The smallest absolute Gasteiger partial charge is 0.335 e. The average molecular weight is 272 g/mol. The van der Waals surface area contributed by atoms with E-state index in [0.717, 1.165) is 5.75 Å². The number of nitrogens with one attached hydrogen (secondary N) is 1. The number of para-hydroxylation sites is 1. The van der Waals surface area contributed by atoms with E-state index in [1.807, 2.05) is 30.3 Å². The molecule has 4 N–H and O–H groups in total. The minimum atomic E-state index is -0.978. The monoisotopic (exact) mass is 272 g/mol. The third-order valence-electron chi connectivity index (χ3n) is 2.73. The third-order valence-corrected chi connectivity index (χ3v) is 2.73. The van der Waals surface area contributed by atoms with Crippen LogP contribution >= 0.6 is 0 Å². The molecule has 0 bridgehead atoms. The number of carboxylic acids is 1. The van der Waals surface area contributed by atoms with Crippen molar-refractivity contribution in [2.45, 2.75) is 0 Å². The Morgan fingerprint density at radius 1 is 1.20 bits per heavy atom. The van der Waals surface area contributed by atoms with Gasteiger partial charge in [-0.05, 0) is 30.3 Å². The molecular formula is C15H16N2O3. The van der Waals surface area contributed by atoms with E-state index in [0.29, 0.717) is 24.5 Å². The van der Waals surface area contributed by atoms with E-state index in [-0.39, 0.29) is 5.56 Å². The van der Waals surface area contributed by atoms with Crippen molar-refractivity contribution in [3.05, 3.63) is 54.1 Å². The van der Waals surface area contributed by atoms with Gasteiger partial charge in [-0.25, -0.2) is 4.79 Å². The maximum absolute atomic E-state index is 10.9. The number of hydrogen-bond acceptors (Lipinski definition) is 4. The summed E-state index contributed by atoms with van der Waals surface area (Å²) in [6.07, 6.45) is 0. The van der Waals surface area contributed by atoms with Crippen LogP contribution in [0.5, 0.6) is 5.75 Å². The highest BCUT2D eigenvalue weighted by Gasteiger charge is 2.06. The molecule has 2 aromatic carbocycles. The lowest BCUT2D eigenvalue weighted by atomic mass is 10.1. The first-order valence-corrected chi connectivity index (χ1v) is 6.21. The maximum Gasteiger partial charge on any atom is 0.335 e. The van der Waals surface area contributed by atoms with Crippen molar-refractivity contribution >= 4 is 17.3 Å². The second-order valence-corrected chi connectivity index (χ2v) is 4.20. The number of hydrogen-bond donors (Lipinski definition) is 3. The van der Waals surface area contributed by atoms with Gasteiger partial charge in [0.05, 0.1) is 16.9 Å². The summed E-state index contributed by atoms with van der Waals surface area (Å²) < 4.78 is 5.53. The maximum atomic E-state index is 10.9. The van der Waals surface area contributed by atoms with Crippen molar-refractivity contribution in [2.75, 3.05) is 24.2 Å². The van der Waals surface area contributed by atoms with Crippen LogP contribution in [0.15, 0.2) is 48.5 Å². The SMILES string of the molecule is Nc1ccc(C(=O)O)cc1NCCOc1ccccc1. The number of nitrogens with two attached hydrogens (primary N) is 1. The van der Waals surface area contributed by atoms with Crippen molar-refractivity contribution in [3.63, 3.8) is 0 Å². The molecule has 0 radical (unpaired) electrons. The molecule has 5 heteroatoms. The number of aromatic carboxylic acids is 1. The first-order chi connectivity index (χ1) is 9.66. The van der Waals surface area contributed by atoms with Gasteiger partial charge in [-0.1, -0.05) is 18.2 Å². The standard InChI is InChI=1S/C15H16N2O3/c16-13-7-6-11(15(18)19)10-14(13)17-8-9-20-12-4-2-1-3-5-12/h1-7,10,17H,8-9,16H2,(H,18,19). The molecule has 0 spiro atoms. The van der Waals surface area contributed by atoms with Crippen LogP contribution in [0.25, 0.3) is 0 Å². The Kier molecular flexibility index (Phi) is 4.44. The summed E-state index contributed by atoms with van der Waals surface area (Å²) in [7, 11) is 0. The van der Waals surface area contributed by atoms with Crippen LogP contribution in [0, 0.1) is 0 Å². The van der Waals surface area contributed by atoms with Crippen LogP contribution in [-0.4, -0.2) is 24.2 Å². The fourth-order valence-electron chi connectivity index (χ4n) is 1.71. The molecule has 0 aliphatic carbocycles. The van der Waals surface area contributed by atoms with E-state index in [1.165, 1.54) is 12.1 Å². The van der Waals surface area contributed by atoms with Gasteiger partial charge in [0.25, 0.3) is 0 Å². The minimum Gasteiger partial charge on any atom is -0.492 e. The molecule has 0 unspecified atom stereocenters. The quantitative estimate of drug-likeness (QED) is 0.555. The van der Waals surface area contributed by atoms with E-state index in [1.54, 1.807) is 6.07 Å². The molecular weight excluding hydrogens is 256 g/mol. The number of anilines is 2. The van der Waals surface area contributed by atoms with E-state index < -0.39 is 5.97 Å². The first-order valence-electron chi connectivity index (χ1n) is 6.21. The van der Waals surface area contributed by atoms with Gasteiger partial charge in [-0.15, -0.1) is 0 Å². The summed E-state index contributed by atoms with van der Waals surface area (Å²) >= 11 is 0. The van der Waals surface area contributed by atoms with E-state index in [9.17, 15) is 4.79 Å². The van der Waals surface area contributed by atoms with Crippen molar-refractivity contribution in [2.24, 2.45) is 0 Å². The lowest BCUT2D eigenvalue weighted by Gasteiger charge is -2.11. The highest BCUT2D eigenvalue weighted by Crippen LogP contribution is 2.19. The van der Waals surface area contributed by atoms with E-state index in [4.69, 9.17) is 15.6 Å². The number of ether oxygens (including phenoxy) is 1. The van der Waals surface area contributed by atoms with Crippen LogP contribution in [0.1, 0.15) is 10.4 Å². The Morgan fingerprint density at radius 3 is 2.65 bits per heavy atom. The van der Waals surface area contributed by atoms with E-state index >= 15 is 0 Å². The first kappa shape index (κ1) is 13.7. The Balaban J connectivity index is 1.88. The molecule has 0 amide bonds. The fraction of sp³-hybridized carbons (Fsp3) is 0.133. The number of carbonyl (C=O) groups is 1. The molecule has 0 saturated heterocycles. The van der Waals surface area contributed by atoms with Crippen molar-refractivity contribution < 1.29 is 14.6 Å². The van der Waals surface area contributed by atoms with E-state index in [2.05, 4.69) is 5.32 Å². The lowest BCUT2D eigenvalue weighted by molar-refractivity contribution is 0.0697. The summed E-state index contributed by atoms with van der Waals surface area (Å²) in [4.78, 5) is 10.9. The number of benzene rings is 2. The summed E-state index contributed by atoms with van der Waals surface area (Å²) in [5.74, 6) is -0.185. The zero-order valence-electron chi connectivity index (χ0n) is 10.9.